The van der Waals surface area contributed by atoms with Crippen molar-refractivity contribution in [2.45, 2.75) is 6.61 Å². The van der Waals surface area contributed by atoms with Gasteiger partial charge in [0.25, 0.3) is 5.91 Å². The van der Waals surface area contributed by atoms with Crippen molar-refractivity contribution in [3.63, 3.8) is 0 Å². The highest BCUT2D eigenvalue weighted by molar-refractivity contribution is 6.31. The van der Waals surface area contributed by atoms with Crippen LogP contribution in [-0.4, -0.2) is 18.4 Å². The van der Waals surface area contributed by atoms with Crippen LogP contribution in [0.5, 0.6) is 0 Å². The number of hydrogen-bond acceptors (Lipinski definition) is 4. The largest absolute Gasteiger partial charge is 0.460 e. The lowest BCUT2D eigenvalue weighted by molar-refractivity contribution is -0.143. The molecule has 0 atom stereocenters. The van der Waals surface area contributed by atoms with Crippen LogP contribution in [0.25, 0.3) is 0 Å². The monoisotopic (exact) mass is 318 g/mol. The minimum Gasteiger partial charge on any atom is -0.460 e. The van der Waals surface area contributed by atoms with Crippen molar-refractivity contribution < 1.29 is 14.3 Å². The van der Waals surface area contributed by atoms with Gasteiger partial charge in [-0.1, -0.05) is 41.9 Å². The molecule has 6 heteroatoms. The van der Waals surface area contributed by atoms with E-state index in [0.717, 1.165) is 5.56 Å². The Morgan fingerprint density at radius 1 is 1.14 bits per heavy atom. The van der Waals surface area contributed by atoms with Crippen LogP contribution in [0, 0.1) is 0 Å². The molecule has 114 valence electrons. The Hall–Kier alpha value is -2.53. The molecule has 0 unspecified atom stereocenters. The van der Waals surface area contributed by atoms with Gasteiger partial charge in [0.05, 0.1) is 5.56 Å². The van der Waals surface area contributed by atoms with E-state index in [-0.39, 0.29) is 18.7 Å². The van der Waals surface area contributed by atoms with Crippen molar-refractivity contribution in [1.29, 1.82) is 0 Å². The molecule has 5 nitrogen and oxygen atoms in total. The summed E-state index contributed by atoms with van der Waals surface area (Å²) < 4.78 is 5.06. The van der Waals surface area contributed by atoms with Gasteiger partial charge < -0.3 is 15.8 Å². The third kappa shape index (κ3) is 4.49. The van der Waals surface area contributed by atoms with Crippen molar-refractivity contribution in [2.75, 3.05) is 12.3 Å². The summed E-state index contributed by atoms with van der Waals surface area (Å²) in [6.07, 6.45) is 0. The van der Waals surface area contributed by atoms with Crippen LogP contribution in [0.1, 0.15) is 15.9 Å². The normalized spacial score (nSPS) is 10.0. The number of anilines is 1. The molecule has 0 aromatic heterocycles. The summed E-state index contributed by atoms with van der Waals surface area (Å²) in [4.78, 5) is 23.5. The molecule has 0 radical (unpaired) electrons. The summed E-state index contributed by atoms with van der Waals surface area (Å²) >= 11 is 5.81. The lowest BCUT2D eigenvalue weighted by atomic mass is 10.1. The number of carbonyl (C=O) groups excluding carboxylic acids is 2. The molecule has 2 rings (SSSR count). The standard InChI is InChI=1S/C16H15ClN2O3/c17-12-6-7-14(18)13(8-12)16(21)19-9-15(20)22-10-11-4-2-1-3-5-11/h1-8H,9-10,18H2,(H,19,21). The highest BCUT2D eigenvalue weighted by Gasteiger charge is 2.12. The fourth-order valence-corrected chi connectivity index (χ4v) is 1.93. The van der Waals surface area contributed by atoms with Gasteiger partial charge in [0, 0.05) is 10.7 Å². The van der Waals surface area contributed by atoms with E-state index < -0.39 is 11.9 Å². The van der Waals surface area contributed by atoms with Gasteiger partial charge in [-0.15, -0.1) is 0 Å². The predicted octanol–water partition coefficient (Wildman–Crippen LogP) is 2.40. The maximum absolute atomic E-state index is 11.9. The van der Waals surface area contributed by atoms with Gasteiger partial charge >= 0.3 is 5.97 Å². The first-order valence-corrected chi connectivity index (χ1v) is 6.97. The molecule has 0 aliphatic heterocycles. The van der Waals surface area contributed by atoms with Crippen LogP contribution >= 0.6 is 11.6 Å². The second-order valence-corrected chi connectivity index (χ2v) is 5.00. The lowest BCUT2D eigenvalue weighted by Crippen LogP contribution is -2.31. The molecule has 22 heavy (non-hydrogen) atoms. The molecule has 0 fully saturated rings. The van der Waals surface area contributed by atoms with E-state index in [2.05, 4.69) is 5.32 Å². The Morgan fingerprint density at radius 2 is 1.86 bits per heavy atom. The highest BCUT2D eigenvalue weighted by Crippen LogP contribution is 2.17. The summed E-state index contributed by atoms with van der Waals surface area (Å²) in [6.45, 7) is -0.0769. The summed E-state index contributed by atoms with van der Waals surface area (Å²) in [5.41, 5.74) is 7.09. The Labute approximate surface area is 133 Å². The fourth-order valence-electron chi connectivity index (χ4n) is 1.76. The summed E-state index contributed by atoms with van der Waals surface area (Å²) in [6, 6.07) is 13.8. The molecule has 0 saturated heterocycles. The maximum atomic E-state index is 11.9. The van der Waals surface area contributed by atoms with Crippen molar-refractivity contribution in [2.24, 2.45) is 0 Å². The smallest absolute Gasteiger partial charge is 0.325 e. The predicted molar refractivity (Wildman–Crippen MR) is 84.4 cm³/mol. The van der Waals surface area contributed by atoms with Gasteiger partial charge in [0.15, 0.2) is 0 Å². The Balaban J connectivity index is 1.83. The number of amides is 1. The molecule has 0 aliphatic rings. The number of ether oxygens (including phenoxy) is 1. The van der Waals surface area contributed by atoms with Crippen LogP contribution in [0.4, 0.5) is 5.69 Å². The van der Waals surface area contributed by atoms with Crippen LogP contribution in [0.15, 0.2) is 48.5 Å². The third-order valence-electron chi connectivity index (χ3n) is 2.90. The van der Waals surface area contributed by atoms with Crippen LogP contribution in [0.3, 0.4) is 0 Å². The first kappa shape index (κ1) is 15.9. The van der Waals surface area contributed by atoms with Crippen LogP contribution < -0.4 is 11.1 Å². The summed E-state index contributed by atoms with van der Waals surface area (Å²) in [7, 11) is 0. The first-order chi connectivity index (χ1) is 10.6. The molecule has 0 aliphatic carbocycles. The van der Waals surface area contributed by atoms with E-state index in [1.807, 2.05) is 30.3 Å². The zero-order valence-electron chi connectivity index (χ0n) is 11.7. The molecule has 2 aromatic rings. The minimum absolute atomic E-state index is 0.162. The molecule has 3 N–H and O–H groups in total. The maximum Gasteiger partial charge on any atom is 0.325 e. The Kier molecular flexibility index (Phi) is 5.38. The Morgan fingerprint density at radius 3 is 2.59 bits per heavy atom. The molecule has 0 spiro atoms. The van der Waals surface area contributed by atoms with Gasteiger partial charge in [-0.2, -0.15) is 0 Å². The number of rotatable bonds is 5. The number of esters is 1. The summed E-state index contributed by atoms with van der Waals surface area (Å²) in [5, 5.41) is 2.85. The molecule has 2 aromatic carbocycles. The van der Waals surface area contributed by atoms with Gasteiger partial charge in [-0.3, -0.25) is 9.59 Å². The molecule has 0 heterocycles. The topological polar surface area (TPSA) is 81.4 Å². The van der Waals surface area contributed by atoms with Crippen molar-refractivity contribution in [3.05, 3.63) is 64.7 Å². The summed E-state index contributed by atoms with van der Waals surface area (Å²) in [5.74, 6) is -1.01. The molecule has 0 bridgehead atoms. The zero-order valence-corrected chi connectivity index (χ0v) is 12.5. The lowest BCUT2D eigenvalue weighted by Gasteiger charge is -2.08. The van der Waals surface area contributed by atoms with Crippen molar-refractivity contribution in [1.82, 2.24) is 5.32 Å². The number of hydrogen-bond donors (Lipinski definition) is 2. The molecular weight excluding hydrogens is 304 g/mol. The first-order valence-electron chi connectivity index (χ1n) is 6.59. The SMILES string of the molecule is Nc1ccc(Cl)cc1C(=O)NCC(=O)OCc1ccccc1. The average Bonchev–Trinajstić information content (AvgIpc) is 2.54. The molecular formula is C16H15ClN2O3. The van der Waals surface area contributed by atoms with E-state index >= 15 is 0 Å². The number of nitrogens with two attached hydrogens (primary N) is 1. The third-order valence-corrected chi connectivity index (χ3v) is 3.13. The van der Waals surface area contributed by atoms with E-state index in [4.69, 9.17) is 22.1 Å². The Bertz CT molecular complexity index is 674. The van der Waals surface area contributed by atoms with Gasteiger partial charge in [0.1, 0.15) is 13.2 Å². The quantitative estimate of drug-likeness (QED) is 0.655. The zero-order chi connectivity index (χ0) is 15.9. The second kappa shape index (κ2) is 7.47. The highest BCUT2D eigenvalue weighted by atomic mass is 35.5. The number of nitrogen functional groups attached to an aromatic ring is 1. The van der Waals surface area contributed by atoms with E-state index in [9.17, 15) is 9.59 Å². The van der Waals surface area contributed by atoms with Crippen molar-refractivity contribution in [3.8, 4) is 0 Å². The number of benzene rings is 2. The number of halogens is 1. The molecule has 1 amide bonds. The second-order valence-electron chi connectivity index (χ2n) is 4.56. The van der Waals surface area contributed by atoms with Gasteiger partial charge in [-0.05, 0) is 23.8 Å². The van der Waals surface area contributed by atoms with E-state index in [1.165, 1.54) is 12.1 Å². The average molecular weight is 319 g/mol. The van der Waals surface area contributed by atoms with Crippen LogP contribution in [-0.2, 0) is 16.1 Å². The fraction of sp³-hybridized carbons (Fsp3) is 0.125. The van der Waals surface area contributed by atoms with Gasteiger partial charge in [-0.25, -0.2) is 0 Å². The van der Waals surface area contributed by atoms with Crippen molar-refractivity contribution >= 4 is 29.2 Å². The number of carbonyl (C=O) groups is 2. The van der Waals surface area contributed by atoms with E-state index in [1.54, 1.807) is 6.07 Å². The minimum atomic E-state index is -0.530. The van der Waals surface area contributed by atoms with Gasteiger partial charge in [0.2, 0.25) is 0 Å². The van der Waals surface area contributed by atoms with E-state index in [0.29, 0.717) is 10.7 Å². The number of nitrogens with one attached hydrogen (secondary N) is 1. The van der Waals surface area contributed by atoms with Crippen LogP contribution in [0.2, 0.25) is 5.02 Å². The molecule has 0 saturated carbocycles.